The highest BCUT2D eigenvalue weighted by atomic mass is 15.1. The number of hydrogen-bond donors (Lipinski definition) is 0. The van der Waals surface area contributed by atoms with Crippen molar-refractivity contribution in [3.63, 3.8) is 0 Å². The summed E-state index contributed by atoms with van der Waals surface area (Å²) >= 11 is 0. The van der Waals surface area contributed by atoms with E-state index in [1.54, 1.807) is 0 Å². The maximum atomic E-state index is 2.44. The van der Waals surface area contributed by atoms with Crippen LogP contribution in [0.2, 0.25) is 0 Å². The number of nitrogens with zero attached hydrogens (tertiary/aromatic N) is 2. The largest absolute Gasteiger partial charge is 0.295 e. The number of fused-ring (bicyclic) bond motifs is 10. The van der Waals surface area contributed by atoms with Gasteiger partial charge in [0.15, 0.2) is 0 Å². The van der Waals surface area contributed by atoms with E-state index in [1.807, 2.05) is 0 Å². The van der Waals surface area contributed by atoms with E-state index in [0.29, 0.717) is 0 Å². The first-order chi connectivity index (χ1) is 14.9. The summed E-state index contributed by atoms with van der Waals surface area (Å²) < 4.78 is 4.85. The fraction of sp³-hybridized carbons (Fsp3) is 0. The van der Waals surface area contributed by atoms with E-state index < -0.39 is 0 Å². The van der Waals surface area contributed by atoms with Crippen molar-refractivity contribution in [3.05, 3.63) is 109 Å². The number of aromatic nitrogens is 2. The van der Waals surface area contributed by atoms with E-state index in [2.05, 4.69) is 118 Å². The molecule has 3 aromatic heterocycles. The monoisotopic (exact) mass is 382 g/mol. The van der Waals surface area contributed by atoms with Crippen LogP contribution >= 0.6 is 0 Å². The predicted molar refractivity (Wildman–Crippen MR) is 127 cm³/mol. The van der Waals surface area contributed by atoms with Crippen LogP contribution in [0, 0.1) is 0 Å². The molecule has 0 radical (unpaired) electrons. The van der Waals surface area contributed by atoms with Crippen LogP contribution in [0.5, 0.6) is 0 Å². The zero-order valence-electron chi connectivity index (χ0n) is 16.3. The molecule has 0 aliphatic rings. The normalized spacial score (nSPS) is 12.0. The average molecular weight is 382 g/mol. The molecule has 0 N–H and O–H groups in total. The quantitative estimate of drug-likeness (QED) is 0.263. The van der Waals surface area contributed by atoms with Crippen molar-refractivity contribution in [3.8, 4) is 5.69 Å². The van der Waals surface area contributed by atoms with Crippen LogP contribution in [0.3, 0.4) is 0 Å². The van der Waals surface area contributed by atoms with E-state index >= 15 is 0 Å². The molecule has 0 bridgehead atoms. The topological polar surface area (TPSA) is 9.34 Å². The lowest BCUT2D eigenvalue weighted by Gasteiger charge is -2.13. The van der Waals surface area contributed by atoms with Gasteiger partial charge in [0, 0.05) is 27.2 Å². The first-order valence-electron chi connectivity index (χ1n) is 10.3. The Hall–Kier alpha value is -4.04. The molecule has 0 fully saturated rings. The van der Waals surface area contributed by atoms with Crippen molar-refractivity contribution in [1.29, 1.82) is 0 Å². The van der Waals surface area contributed by atoms with Gasteiger partial charge in [-0.1, -0.05) is 78.9 Å². The Morgan fingerprint density at radius 1 is 0.400 bits per heavy atom. The van der Waals surface area contributed by atoms with Crippen molar-refractivity contribution in [2.75, 3.05) is 0 Å². The highest BCUT2D eigenvalue weighted by Crippen LogP contribution is 2.39. The second-order valence-electron chi connectivity index (χ2n) is 7.85. The summed E-state index contributed by atoms with van der Waals surface area (Å²) in [5.74, 6) is 0. The van der Waals surface area contributed by atoms with Crippen LogP contribution in [-0.2, 0) is 0 Å². The zero-order chi connectivity index (χ0) is 19.7. The van der Waals surface area contributed by atoms with E-state index in [0.717, 1.165) is 0 Å². The van der Waals surface area contributed by atoms with Gasteiger partial charge < -0.3 is 0 Å². The lowest BCUT2D eigenvalue weighted by atomic mass is 10.0. The Morgan fingerprint density at radius 3 is 1.67 bits per heavy atom. The molecule has 7 aromatic rings. The molecule has 0 saturated carbocycles. The fourth-order valence-corrected chi connectivity index (χ4v) is 5.05. The van der Waals surface area contributed by atoms with Crippen molar-refractivity contribution in [1.82, 2.24) is 8.97 Å². The van der Waals surface area contributed by atoms with Gasteiger partial charge in [-0.15, -0.1) is 0 Å². The van der Waals surface area contributed by atoms with E-state index in [4.69, 9.17) is 0 Å². The second-order valence-corrected chi connectivity index (χ2v) is 7.85. The van der Waals surface area contributed by atoms with Crippen LogP contribution in [0.4, 0.5) is 0 Å². The minimum atomic E-state index is 1.18. The predicted octanol–water partition coefficient (Wildman–Crippen LogP) is 7.34. The standard InChI is InChI=1S/C28H18N2/c1-2-10-19(11-3-1)29-25-16-8-7-15-23(25)24-18-27-22-14-5-4-12-20(22)21-13-6-9-17-26(21)30(27)28(24)29/h1-18H. The molecule has 2 nitrogen and oxygen atoms in total. The van der Waals surface area contributed by atoms with Gasteiger partial charge in [0.1, 0.15) is 5.65 Å². The molecule has 0 spiro atoms. The number of hydrogen-bond acceptors (Lipinski definition) is 0. The highest BCUT2D eigenvalue weighted by Gasteiger charge is 2.19. The van der Waals surface area contributed by atoms with Crippen LogP contribution in [0.1, 0.15) is 0 Å². The zero-order valence-corrected chi connectivity index (χ0v) is 16.3. The van der Waals surface area contributed by atoms with E-state index in [9.17, 15) is 0 Å². The maximum absolute atomic E-state index is 2.44. The molecule has 0 amide bonds. The second kappa shape index (κ2) is 5.74. The molecular formula is C28H18N2. The Labute approximate surface area is 173 Å². The van der Waals surface area contributed by atoms with Crippen LogP contribution in [0.25, 0.3) is 54.8 Å². The van der Waals surface area contributed by atoms with Gasteiger partial charge in [0.25, 0.3) is 0 Å². The lowest BCUT2D eigenvalue weighted by molar-refractivity contribution is 1.12. The average Bonchev–Trinajstić information content (AvgIpc) is 3.35. The molecule has 2 heteroatoms. The van der Waals surface area contributed by atoms with Gasteiger partial charge in [0.05, 0.1) is 16.6 Å². The van der Waals surface area contributed by atoms with Crippen molar-refractivity contribution >= 4 is 49.1 Å². The summed E-state index contributed by atoms with van der Waals surface area (Å²) in [6, 6.07) is 39.2. The van der Waals surface area contributed by atoms with Gasteiger partial charge in [-0.2, -0.15) is 0 Å². The van der Waals surface area contributed by atoms with Gasteiger partial charge in [-0.05, 0) is 35.7 Å². The molecule has 0 unspecified atom stereocenters. The smallest absolute Gasteiger partial charge is 0.131 e. The lowest BCUT2D eigenvalue weighted by Crippen LogP contribution is -1.98. The Morgan fingerprint density at radius 2 is 0.933 bits per heavy atom. The number of benzene rings is 4. The molecule has 0 aliphatic heterocycles. The number of rotatable bonds is 1. The van der Waals surface area contributed by atoms with Gasteiger partial charge in [0.2, 0.25) is 0 Å². The summed E-state index contributed by atoms with van der Waals surface area (Å²) in [4.78, 5) is 0. The van der Waals surface area contributed by atoms with Crippen LogP contribution in [0.15, 0.2) is 109 Å². The van der Waals surface area contributed by atoms with Crippen molar-refractivity contribution < 1.29 is 0 Å². The third kappa shape index (κ3) is 1.93. The summed E-state index contributed by atoms with van der Waals surface area (Å²) in [6.07, 6.45) is 0. The molecule has 0 atom stereocenters. The summed E-state index contributed by atoms with van der Waals surface area (Å²) in [5.41, 5.74) is 6.13. The fourth-order valence-electron chi connectivity index (χ4n) is 5.05. The molecule has 0 aliphatic carbocycles. The van der Waals surface area contributed by atoms with E-state index in [1.165, 1.54) is 54.8 Å². The van der Waals surface area contributed by atoms with Crippen LogP contribution in [-0.4, -0.2) is 8.97 Å². The van der Waals surface area contributed by atoms with E-state index in [-0.39, 0.29) is 0 Å². The minimum Gasteiger partial charge on any atom is -0.295 e. The highest BCUT2D eigenvalue weighted by molar-refractivity contribution is 6.19. The van der Waals surface area contributed by atoms with Crippen molar-refractivity contribution in [2.45, 2.75) is 0 Å². The number of pyridine rings is 1. The molecule has 140 valence electrons. The Balaban J connectivity index is 1.85. The maximum Gasteiger partial charge on any atom is 0.131 e. The van der Waals surface area contributed by atoms with Gasteiger partial charge >= 0.3 is 0 Å². The summed E-state index contributed by atoms with van der Waals surface area (Å²) in [5, 5.41) is 6.44. The van der Waals surface area contributed by atoms with Crippen molar-refractivity contribution in [2.24, 2.45) is 0 Å². The molecule has 7 rings (SSSR count). The SMILES string of the molecule is c1ccc(-n2c3ccccc3c3cc4c5ccccc5c5ccccc5n4c32)cc1. The van der Waals surface area contributed by atoms with Gasteiger partial charge in [-0.25, -0.2) is 0 Å². The first-order valence-corrected chi connectivity index (χ1v) is 10.3. The molecule has 3 heterocycles. The molecule has 30 heavy (non-hydrogen) atoms. The summed E-state index contributed by atoms with van der Waals surface area (Å²) in [7, 11) is 0. The Kier molecular flexibility index (Phi) is 3.03. The first kappa shape index (κ1) is 15.8. The molecule has 4 aromatic carbocycles. The van der Waals surface area contributed by atoms with Crippen LogP contribution < -0.4 is 0 Å². The van der Waals surface area contributed by atoms with Gasteiger partial charge in [-0.3, -0.25) is 8.97 Å². The number of para-hydroxylation sites is 3. The third-order valence-corrected chi connectivity index (χ3v) is 6.27. The summed E-state index contributed by atoms with van der Waals surface area (Å²) in [6.45, 7) is 0. The molecular weight excluding hydrogens is 364 g/mol. The minimum absolute atomic E-state index is 1.18. The Bertz CT molecular complexity index is 1730. The third-order valence-electron chi connectivity index (χ3n) is 6.27. The molecule has 0 saturated heterocycles.